The van der Waals surface area contributed by atoms with Gasteiger partial charge in [0.15, 0.2) is 0 Å². The molecule has 0 amide bonds. The molecule has 0 saturated heterocycles. The molecule has 2 aromatic heterocycles. The lowest BCUT2D eigenvalue weighted by Gasteiger charge is -2.38. The number of fused-ring (bicyclic) bond motifs is 1. The maximum absolute atomic E-state index is 13.0. The van der Waals surface area contributed by atoms with Crippen molar-refractivity contribution in [3.8, 4) is 0 Å². The number of hydrogen-bond donors (Lipinski definition) is 1. The molecule has 5 nitrogen and oxygen atoms in total. The second-order valence-corrected chi connectivity index (χ2v) is 8.40. The van der Waals surface area contributed by atoms with Gasteiger partial charge in [-0.25, -0.2) is 4.98 Å². The van der Waals surface area contributed by atoms with Crippen LogP contribution in [0.3, 0.4) is 0 Å². The highest BCUT2D eigenvalue weighted by molar-refractivity contribution is 5.75. The van der Waals surface area contributed by atoms with Crippen molar-refractivity contribution in [1.29, 1.82) is 0 Å². The Morgan fingerprint density at radius 2 is 1.89 bits per heavy atom. The number of nitrogens with zero attached hydrogens (tertiary/aromatic N) is 3. The number of hydrogen-bond acceptors (Lipinski definition) is 4. The second-order valence-electron chi connectivity index (χ2n) is 8.40. The Hall–Kier alpha value is -2.69. The molecular weight excluding hydrogens is 348 g/mol. The Balaban J connectivity index is 1.81. The summed E-state index contributed by atoms with van der Waals surface area (Å²) >= 11 is 0. The van der Waals surface area contributed by atoms with E-state index in [2.05, 4.69) is 31.1 Å². The van der Waals surface area contributed by atoms with Gasteiger partial charge < -0.3 is 5.32 Å². The van der Waals surface area contributed by atoms with Gasteiger partial charge in [-0.3, -0.25) is 9.36 Å². The fraction of sp³-hybridized carbons (Fsp3) is 0.435. The molecule has 4 rings (SSSR count). The van der Waals surface area contributed by atoms with Crippen LogP contribution in [-0.4, -0.2) is 14.5 Å². The maximum Gasteiger partial charge on any atom is 0.252 e. The van der Waals surface area contributed by atoms with Crippen LogP contribution in [0, 0.1) is 17.8 Å². The molecule has 3 unspecified atom stereocenters. The molecule has 3 atom stereocenters. The van der Waals surface area contributed by atoms with Crippen molar-refractivity contribution >= 4 is 22.7 Å². The summed E-state index contributed by atoms with van der Waals surface area (Å²) in [4.78, 5) is 22.2. The Morgan fingerprint density at radius 3 is 2.64 bits per heavy atom. The Kier molecular flexibility index (Phi) is 5.16. The van der Waals surface area contributed by atoms with E-state index in [0.717, 1.165) is 29.6 Å². The molecule has 0 spiro atoms. The predicted molar refractivity (Wildman–Crippen MR) is 114 cm³/mol. The van der Waals surface area contributed by atoms with Crippen LogP contribution in [0.1, 0.15) is 46.1 Å². The van der Waals surface area contributed by atoms with E-state index in [4.69, 9.17) is 4.98 Å². The van der Waals surface area contributed by atoms with Crippen LogP contribution < -0.4 is 10.9 Å². The molecule has 1 N–H and O–H groups in total. The van der Waals surface area contributed by atoms with Gasteiger partial charge in [0.25, 0.3) is 5.56 Å². The fourth-order valence-electron chi connectivity index (χ4n) is 4.52. The molecule has 1 aliphatic rings. The molecule has 2 heterocycles. The van der Waals surface area contributed by atoms with Gasteiger partial charge in [-0.05, 0) is 48.8 Å². The number of pyridine rings is 1. The van der Waals surface area contributed by atoms with Gasteiger partial charge in [0.1, 0.15) is 5.65 Å². The van der Waals surface area contributed by atoms with Crippen molar-refractivity contribution in [3.05, 3.63) is 59.0 Å². The Bertz CT molecular complexity index is 1010. The number of para-hydroxylation sites is 1. The average Bonchev–Trinajstić information content (AvgIpc) is 2.68. The first kappa shape index (κ1) is 18.7. The maximum atomic E-state index is 13.0. The van der Waals surface area contributed by atoms with Gasteiger partial charge in [0, 0.05) is 29.4 Å². The quantitative estimate of drug-likeness (QED) is 0.682. The SMILES string of the molecule is CC1CCC(C(C)C)C(n2c(=O)ccc3cnc(Nc4ccccc4)nc32)C1. The van der Waals surface area contributed by atoms with Crippen LogP contribution in [0.15, 0.2) is 53.5 Å². The molecule has 1 aromatic carbocycles. The largest absolute Gasteiger partial charge is 0.324 e. The highest BCUT2D eigenvalue weighted by atomic mass is 16.1. The summed E-state index contributed by atoms with van der Waals surface area (Å²) in [5.41, 5.74) is 1.69. The van der Waals surface area contributed by atoms with Gasteiger partial charge in [-0.2, -0.15) is 4.98 Å². The summed E-state index contributed by atoms with van der Waals surface area (Å²) < 4.78 is 1.94. The summed E-state index contributed by atoms with van der Waals surface area (Å²) in [6.07, 6.45) is 5.22. The zero-order valence-electron chi connectivity index (χ0n) is 16.8. The minimum Gasteiger partial charge on any atom is -0.324 e. The standard InChI is InChI=1S/C23H28N4O/c1-15(2)19-11-9-16(3)13-20(19)27-21(28)12-10-17-14-24-23(26-22(17)27)25-18-7-5-4-6-8-18/h4-8,10,12,14-16,19-20H,9,11,13H2,1-3H3,(H,24,25,26). The molecule has 5 heteroatoms. The van der Waals surface area contributed by atoms with Crippen molar-refractivity contribution in [2.75, 3.05) is 5.32 Å². The summed E-state index contributed by atoms with van der Waals surface area (Å²) in [5.74, 6) is 2.15. The monoisotopic (exact) mass is 376 g/mol. The average molecular weight is 377 g/mol. The smallest absolute Gasteiger partial charge is 0.252 e. The highest BCUT2D eigenvalue weighted by Crippen LogP contribution is 2.41. The zero-order valence-corrected chi connectivity index (χ0v) is 16.8. The number of rotatable bonds is 4. The molecule has 146 valence electrons. The van der Waals surface area contributed by atoms with Crippen molar-refractivity contribution in [2.45, 2.75) is 46.1 Å². The molecule has 28 heavy (non-hydrogen) atoms. The first-order valence-corrected chi connectivity index (χ1v) is 10.2. The van der Waals surface area contributed by atoms with Gasteiger partial charge in [0.2, 0.25) is 5.95 Å². The first-order valence-electron chi connectivity index (χ1n) is 10.2. The minimum absolute atomic E-state index is 0.0293. The molecule has 1 aliphatic carbocycles. The van der Waals surface area contributed by atoms with E-state index < -0.39 is 0 Å². The minimum atomic E-state index is 0.0293. The lowest BCUT2D eigenvalue weighted by atomic mass is 9.74. The van der Waals surface area contributed by atoms with E-state index in [-0.39, 0.29) is 11.6 Å². The van der Waals surface area contributed by atoms with Crippen LogP contribution in [-0.2, 0) is 0 Å². The van der Waals surface area contributed by atoms with Gasteiger partial charge >= 0.3 is 0 Å². The normalized spacial score (nSPS) is 22.5. The lowest BCUT2D eigenvalue weighted by Crippen LogP contribution is -2.36. The number of nitrogens with one attached hydrogen (secondary N) is 1. The number of benzene rings is 1. The van der Waals surface area contributed by atoms with Crippen LogP contribution in [0.25, 0.3) is 11.0 Å². The summed E-state index contributed by atoms with van der Waals surface area (Å²) in [6.45, 7) is 6.82. The molecule has 0 radical (unpaired) electrons. The second kappa shape index (κ2) is 7.74. The summed E-state index contributed by atoms with van der Waals surface area (Å²) in [5, 5.41) is 4.15. The number of anilines is 2. The first-order chi connectivity index (χ1) is 13.5. The third kappa shape index (κ3) is 3.66. The summed E-state index contributed by atoms with van der Waals surface area (Å²) in [6, 6.07) is 13.5. The molecule has 0 aliphatic heterocycles. The molecule has 1 fully saturated rings. The van der Waals surface area contributed by atoms with Gasteiger partial charge in [-0.15, -0.1) is 0 Å². The Morgan fingerprint density at radius 1 is 1.11 bits per heavy atom. The van der Waals surface area contributed by atoms with Crippen molar-refractivity contribution in [1.82, 2.24) is 14.5 Å². The van der Waals surface area contributed by atoms with E-state index in [9.17, 15) is 4.79 Å². The van der Waals surface area contributed by atoms with E-state index >= 15 is 0 Å². The van der Waals surface area contributed by atoms with Crippen molar-refractivity contribution in [3.63, 3.8) is 0 Å². The van der Waals surface area contributed by atoms with Gasteiger partial charge in [-0.1, -0.05) is 45.4 Å². The third-order valence-electron chi connectivity index (χ3n) is 6.02. The number of aromatic nitrogens is 3. The van der Waals surface area contributed by atoms with Crippen molar-refractivity contribution in [2.24, 2.45) is 17.8 Å². The van der Waals surface area contributed by atoms with Crippen molar-refractivity contribution < 1.29 is 0 Å². The van der Waals surface area contributed by atoms with Crippen LogP contribution in [0.2, 0.25) is 0 Å². The molecule has 1 saturated carbocycles. The predicted octanol–water partition coefficient (Wildman–Crippen LogP) is 5.17. The topological polar surface area (TPSA) is 59.8 Å². The van der Waals surface area contributed by atoms with Crippen LogP contribution in [0.5, 0.6) is 0 Å². The Labute approximate surface area is 165 Å². The third-order valence-corrected chi connectivity index (χ3v) is 6.02. The van der Waals surface area contributed by atoms with E-state index in [1.54, 1.807) is 12.3 Å². The molecule has 3 aromatic rings. The van der Waals surface area contributed by atoms with Gasteiger partial charge in [0.05, 0.1) is 0 Å². The highest BCUT2D eigenvalue weighted by Gasteiger charge is 2.33. The molecular formula is C23H28N4O. The van der Waals surface area contributed by atoms with Crippen LogP contribution >= 0.6 is 0 Å². The lowest BCUT2D eigenvalue weighted by molar-refractivity contribution is 0.149. The van der Waals surface area contributed by atoms with E-state index in [1.807, 2.05) is 41.0 Å². The van der Waals surface area contributed by atoms with E-state index in [1.165, 1.54) is 6.42 Å². The fourth-order valence-corrected chi connectivity index (χ4v) is 4.52. The van der Waals surface area contributed by atoms with E-state index in [0.29, 0.717) is 23.7 Å². The van der Waals surface area contributed by atoms with Crippen LogP contribution in [0.4, 0.5) is 11.6 Å². The zero-order chi connectivity index (χ0) is 19.7. The summed E-state index contributed by atoms with van der Waals surface area (Å²) in [7, 11) is 0. The molecule has 0 bridgehead atoms.